The molecule has 11 aromatic carbocycles. The number of aromatic nitrogens is 5. The zero-order valence-corrected chi connectivity index (χ0v) is 40.5. The first-order valence-electron chi connectivity index (χ1n) is 25.3. The molecule has 0 radical (unpaired) electrons. The Balaban J connectivity index is 0.946. The third-order valence-electron chi connectivity index (χ3n) is 14.8. The number of para-hydroxylation sites is 3. The molecule has 0 aliphatic carbocycles. The van der Waals surface area contributed by atoms with E-state index in [9.17, 15) is 0 Å². The van der Waals surface area contributed by atoms with Crippen molar-refractivity contribution in [1.29, 1.82) is 0 Å². The van der Waals surface area contributed by atoms with Gasteiger partial charge in [0.05, 0.1) is 27.8 Å². The first-order valence-corrected chi connectivity index (χ1v) is 25.3. The number of benzene rings is 11. The zero-order chi connectivity index (χ0) is 49.4. The molecule has 0 N–H and O–H groups in total. The second kappa shape index (κ2) is 17.3. The topological polar surface area (TPSA) is 61.7 Å². The van der Waals surface area contributed by atoms with Crippen molar-refractivity contribution >= 4 is 65.6 Å². The first kappa shape index (κ1) is 42.5. The number of nitrogens with zero attached hydrogens (tertiary/aromatic N) is 5. The molecular weight excluding hydrogens is 915 g/mol. The number of furan rings is 1. The van der Waals surface area contributed by atoms with Crippen LogP contribution in [-0.2, 0) is 0 Å². The van der Waals surface area contributed by atoms with Crippen LogP contribution in [0.25, 0.3) is 144 Å². The van der Waals surface area contributed by atoms with E-state index < -0.39 is 0 Å². The van der Waals surface area contributed by atoms with Crippen LogP contribution in [0.15, 0.2) is 265 Å². The Morgan fingerprint density at radius 2 is 0.613 bits per heavy atom. The van der Waals surface area contributed by atoms with E-state index in [1.54, 1.807) is 0 Å². The standard InChI is InChI=1S/C69H43N5O/c1-4-16-44(17-5-1)47-28-32-50(33-29-47)67-70-68(51-34-30-48(31-35-51)45-18-6-2-7-19-45)72-69(71-67)59-24-12-15-27-62(59)74-61-26-14-11-23-54(61)56-41-43-58-57-42-40-55-53-22-10-13-25-60(53)73(63(55)65(57)75-66(58)64(56)74)52-38-36-49(37-39-52)46-20-8-3-9-21-46/h1-43H. The lowest BCUT2D eigenvalue weighted by atomic mass is 10.0. The van der Waals surface area contributed by atoms with E-state index in [2.05, 4.69) is 258 Å². The first-order chi connectivity index (χ1) is 37.2. The van der Waals surface area contributed by atoms with Crippen LogP contribution in [0.4, 0.5) is 0 Å². The van der Waals surface area contributed by atoms with E-state index in [4.69, 9.17) is 19.4 Å². The number of fused-ring (bicyclic) bond motifs is 11. The monoisotopic (exact) mass is 957 g/mol. The van der Waals surface area contributed by atoms with Crippen LogP contribution in [0.3, 0.4) is 0 Å². The maximum atomic E-state index is 7.46. The molecule has 350 valence electrons. The van der Waals surface area contributed by atoms with E-state index in [1.165, 1.54) is 16.5 Å². The molecule has 0 bridgehead atoms. The number of hydrogen-bond donors (Lipinski definition) is 0. The summed E-state index contributed by atoms with van der Waals surface area (Å²) in [5.41, 5.74) is 17.4. The highest BCUT2D eigenvalue weighted by molar-refractivity contribution is 6.26. The van der Waals surface area contributed by atoms with Crippen LogP contribution in [0.1, 0.15) is 0 Å². The molecular formula is C69H43N5O. The molecule has 6 nitrogen and oxygen atoms in total. The Morgan fingerprint density at radius 3 is 1.12 bits per heavy atom. The maximum Gasteiger partial charge on any atom is 0.166 e. The molecule has 0 amide bonds. The molecule has 0 saturated heterocycles. The third-order valence-corrected chi connectivity index (χ3v) is 14.8. The fraction of sp³-hybridized carbons (Fsp3) is 0. The quantitative estimate of drug-likeness (QED) is 0.152. The van der Waals surface area contributed by atoms with Crippen LogP contribution in [-0.4, -0.2) is 24.1 Å². The number of hydrogen-bond acceptors (Lipinski definition) is 4. The predicted molar refractivity (Wildman–Crippen MR) is 308 cm³/mol. The van der Waals surface area contributed by atoms with E-state index >= 15 is 0 Å². The van der Waals surface area contributed by atoms with Gasteiger partial charge in [0.25, 0.3) is 0 Å². The highest BCUT2D eigenvalue weighted by atomic mass is 16.3. The Labute approximate surface area is 431 Å². The minimum absolute atomic E-state index is 0.567. The van der Waals surface area contributed by atoms with E-state index in [0.717, 1.165) is 110 Å². The SMILES string of the molecule is c1ccc(-c2ccc(-c3nc(-c4ccc(-c5ccccc5)cc4)nc(-c4ccccc4-n4c5ccccc5c5ccc6c7ccc8c9ccccc9n(-c9ccc(-c%10ccccc%10)cc9)c8c7oc6c54)n3)cc2)cc1. The Bertz CT molecular complexity index is 4550. The second-order valence-corrected chi connectivity index (χ2v) is 19.1. The largest absolute Gasteiger partial charge is 0.452 e. The van der Waals surface area contributed by atoms with Gasteiger partial charge < -0.3 is 13.6 Å². The molecule has 0 aliphatic heterocycles. The molecule has 15 aromatic rings. The minimum atomic E-state index is 0.567. The molecule has 0 saturated carbocycles. The van der Waals surface area contributed by atoms with Crippen molar-refractivity contribution in [2.75, 3.05) is 0 Å². The van der Waals surface area contributed by atoms with Crippen LogP contribution >= 0.6 is 0 Å². The van der Waals surface area contributed by atoms with Gasteiger partial charge in [-0.3, -0.25) is 0 Å². The molecule has 6 heteroatoms. The summed E-state index contributed by atoms with van der Waals surface area (Å²) in [5.74, 6) is 1.75. The van der Waals surface area contributed by atoms with Crippen molar-refractivity contribution < 1.29 is 4.42 Å². The molecule has 4 heterocycles. The summed E-state index contributed by atoms with van der Waals surface area (Å²) in [5, 5.41) is 6.62. The summed E-state index contributed by atoms with van der Waals surface area (Å²) < 4.78 is 12.2. The zero-order valence-electron chi connectivity index (χ0n) is 40.5. The summed E-state index contributed by atoms with van der Waals surface area (Å²) in [4.78, 5) is 15.9. The van der Waals surface area contributed by atoms with Crippen LogP contribution in [0, 0.1) is 0 Å². The van der Waals surface area contributed by atoms with Crippen molar-refractivity contribution in [1.82, 2.24) is 24.1 Å². The lowest BCUT2D eigenvalue weighted by molar-refractivity contribution is 0.673. The van der Waals surface area contributed by atoms with Gasteiger partial charge in [-0.2, -0.15) is 0 Å². The molecule has 0 atom stereocenters. The molecule has 0 aliphatic rings. The van der Waals surface area contributed by atoms with Gasteiger partial charge in [-0.05, 0) is 81.9 Å². The summed E-state index contributed by atoms with van der Waals surface area (Å²) >= 11 is 0. The molecule has 15 rings (SSSR count). The summed E-state index contributed by atoms with van der Waals surface area (Å²) in [7, 11) is 0. The average molecular weight is 958 g/mol. The molecule has 0 spiro atoms. The van der Waals surface area contributed by atoms with Crippen LogP contribution in [0.5, 0.6) is 0 Å². The molecule has 0 fully saturated rings. The van der Waals surface area contributed by atoms with Gasteiger partial charge in [0.1, 0.15) is 0 Å². The van der Waals surface area contributed by atoms with Crippen molar-refractivity contribution in [3.63, 3.8) is 0 Å². The summed E-state index contributed by atoms with van der Waals surface area (Å²) in [6, 6.07) is 92.0. The van der Waals surface area contributed by atoms with Gasteiger partial charge in [0.2, 0.25) is 0 Å². The van der Waals surface area contributed by atoms with Gasteiger partial charge in [-0.15, -0.1) is 0 Å². The second-order valence-electron chi connectivity index (χ2n) is 19.1. The van der Waals surface area contributed by atoms with Crippen LogP contribution < -0.4 is 0 Å². The van der Waals surface area contributed by atoms with Gasteiger partial charge in [-0.25, -0.2) is 15.0 Å². The Hall–Kier alpha value is -10.2. The van der Waals surface area contributed by atoms with Gasteiger partial charge in [-0.1, -0.05) is 212 Å². The summed E-state index contributed by atoms with van der Waals surface area (Å²) in [6.45, 7) is 0. The van der Waals surface area contributed by atoms with Crippen molar-refractivity contribution in [3.8, 4) is 78.9 Å². The fourth-order valence-corrected chi connectivity index (χ4v) is 11.2. The Morgan fingerprint density at radius 1 is 0.253 bits per heavy atom. The van der Waals surface area contributed by atoms with Crippen LogP contribution in [0.2, 0.25) is 0 Å². The maximum absolute atomic E-state index is 7.46. The third kappa shape index (κ3) is 6.99. The van der Waals surface area contributed by atoms with Gasteiger partial charge >= 0.3 is 0 Å². The van der Waals surface area contributed by atoms with Gasteiger partial charge in [0.15, 0.2) is 28.6 Å². The van der Waals surface area contributed by atoms with Crippen molar-refractivity contribution in [3.05, 3.63) is 261 Å². The van der Waals surface area contributed by atoms with Gasteiger partial charge in [0, 0.05) is 54.7 Å². The van der Waals surface area contributed by atoms with E-state index in [1.807, 2.05) is 12.1 Å². The van der Waals surface area contributed by atoms with E-state index in [0.29, 0.717) is 17.5 Å². The molecule has 4 aromatic heterocycles. The number of rotatable bonds is 8. The molecule has 0 unspecified atom stereocenters. The normalized spacial score (nSPS) is 11.7. The lowest BCUT2D eigenvalue weighted by Gasteiger charge is -2.15. The van der Waals surface area contributed by atoms with E-state index in [-0.39, 0.29) is 0 Å². The fourth-order valence-electron chi connectivity index (χ4n) is 11.2. The smallest absolute Gasteiger partial charge is 0.166 e. The van der Waals surface area contributed by atoms with Crippen molar-refractivity contribution in [2.45, 2.75) is 0 Å². The molecule has 75 heavy (non-hydrogen) atoms. The Kier molecular flexibility index (Phi) is 9.78. The average Bonchev–Trinajstić information content (AvgIpc) is 4.17. The minimum Gasteiger partial charge on any atom is -0.452 e. The highest BCUT2D eigenvalue weighted by Crippen LogP contribution is 2.45. The highest BCUT2D eigenvalue weighted by Gasteiger charge is 2.25. The lowest BCUT2D eigenvalue weighted by Crippen LogP contribution is -2.03. The predicted octanol–water partition coefficient (Wildman–Crippen LogP) is 18.0. The van der Waals surface area contributed by atoms with Crippen molar-refractivity contribution in [2.24, 2.45) is 0 Å². The summed E-state index contributed by atoms with van der Waals surface area (Å²) in [6.07, 6.45) is 0.